The fourth-order valence-electron chi connectivity index (χ4n) is 2.61. The summed E-state index contributed by atoms with van der Waals surface area (Å²) in [5.41, 5.74) is 0. The van der Waals surface area contributed by atoms with E-state index in [1.165, 1.54) is 51.4 Å². The van der Waals surface area contributed by atoms with Crippen LogP contribution in [0.4, 0.5) is 0 Å². The topological polar surface area (TPSA) is 0 Å². The third kappa shape index (κ3) is 3.81. The number of alkyl halides is 1. The molecule has 3 unspecified atom stereocenters. The van der Waals surface area contributed by atoms with Gasteiger partial charge in [0, 0.05) is 5.38 Å². The third-order valence-corrected chi connectivity index (χ3v) is 4.42. The molecular weight excluding hydrogens is 192 g/mol. The van der Waals surface area contributed by atoms with Crippen molar-refractivity contribution in [2.45, 2.75) is 70.6 Å². The Morgan fingerprint density at radius 3 is 2.36 bits per heavy atom. The Hall–Kier alpha value is 0.290. The minimum Gasteiger partial charge on any atom is -0.123 e. The molecular formula is C13H25Cl. The summed E-state index contributed by atoms with van der Waals surface area (Å²) in [4.78, 5) is 0. The molecule has 0 heterocycles. The van der Waals surface area contributed by atoms with Gasteiger partial charge in [-0.2, -0.15) is 0 Å². The van der Waals surface area contributed by atoms with Gasteiger partial charge in [0.15, 0.2) is 0 Å². The van der Waals surface area contributed by atoms with Gasteiger partial charge in [-0.15, -0.1) is 11.6 Å². The van der Waals surface area contributed by atoms with Gasteiger partial charge in [0.2, 0.25) is 0 Å². The molecule has 0 aliphatic heterocycles. The molecule has 0 aromatic heterocycles. The molecule has 0 bridgehead atoms. The molecule has 1 aliphatic rings. The zero-order valence-corrected chi connectivity index (χ0v) is 10.5. The van der Waals surface area contributed by atoms with Crippen molar-refractivity contribution in [3.8, 4) is 0 Å². The summed E-state index contributed by atoms with van der Waals surface area (Å²) < 4.78 is 0. The lowest BCUT2D eigenvalue weighted by atomic mass is 9.92. The molecule has 0 aromatic carbocycles. The van der Waals surface area contributed by atoms with Crippen LogP contribution < -0.4 is 0 Å². The maximum Gasteiger partial charge on any atom is 0.0364 e. The number of hydrogen-bond donors (Lipinski definition) is 0. The molecule has 0 aromatic rings. The number of unbranched alkanes of at least 4 members (excludes halogenated alkanes) is 4. The molecule has 84 valence electrons. The lowest BCUT2D eigenvalue weighted by molar-refractivity contribution is 0.376. The van der Waals surface area contributed by atoms with E-state index in [2.05, 4.69) is 13.8 Å². The number of halogens is 1. The molecule has 1 heteroatoms. The summed E-state index contributed by atoms with van der Waals surface area (Å²) in [5.74, 6) is 1.70. The first-order chi connectivity index (χ1) is 6.75. The van der Waals surface area contributed by atoms with E-state index in [0.29, 0.717) is 5.38 Å². The number of hydrogen-bond acceptors (Lipinski definition) is 0. The van der Waals surface area contributed by atoms with Crippen molar-refractivity contribution in [2.24, 2.45) is 11.8 Å². The third-order valence-electron chi connectivity index (χ3n) is 3.81. The van der Waals surface area contributed by atoms with Crippen LogP contribution in [-0.4, -0.2) is 5.38 Å². The minimum atomic E-state index is 0.468. The predicted molar refractivity (Wildman–Crippen MR) is 64.9 cm³/mol. The first kappa shape index (κ1) is 12.4. The highest BCUT2D eigenvalue weighted by Crippen LogP contribution is 2.38. The average molecular weight is 217 g/mol. The lowest BCUT2D eigenvalue weighted by Crippen LogP contribution is -2.10. The molecule has 3 atom stereocenters. The van der Waals surface area contributed by atoms with Crippen LogP contribution in [0.1, 0.15) is 65.2 Å². The molecule has 0 saturated heterocycles. The molecule has 14 heavy (non-hydrogen) atoms. The van der Waals surface area contributed by atoms with Crippen molar-refractivity contribution in [2.75, 3.05) is 0 Å². The molecule has 1 rings (SSSR count). The smallest absolute Gasteiger partial charge is 0.0364 e. The monoisotopic (exact) mass is 216 g/mol. The van der Waals surface area contributed by atoms with Crippen LogP contribution in [0, 0.1) is 11.8 Å². The second kappa shape index (κ2) is 6.71. The van der Waals surface area contributed by atoms with Crippen molar-refractivity contribution >= 4 is 11.6 Å². The summed E-state index contributed by atoms with van der Waals surface area (Å²) in [7, 11) is 0. The predicted octanol–water partition coefficient (Wildman–Crippen LogP) is 5.00. The Balaban J connectivity index is 2.01. The second-order valence-corrected chi connectivity index (χ2v) is 5.48. The molecule has 0 amide bonds. The average Bonchev–Trinajstić information content (AvgIpc) is 2.49. The maximum absolute atomic E-state index is 6.22. The highest BCUT2D eigenvalue weighted by atomic mass is 35.5. The van der Waals surface area contributed by atoms with Gasteiger partial charge < -0.3 is 0 Å². The van der Waals surface area contributed by atoms with Gasteiger partial charge in [0.25, 0.3) is 0 Å². The molecule has 0 spiro atoms. The minimum absolute atomic E-state index is 0.468. The summed E-state index contributed by atoms with van der Waals surface area (Å²) >= 11 is 6.22. The van der Waals surface area contributed by atoms with Crippen molar-refractivity contribution in [1.82, 2.24) is 0 Å². The van der Waals surface area contributed by atoms with Gasteiger partial charge in [0.1, 0.15) is 0 Å². The first-order valence-electron chi connectivity index (χ1n) is 6.39. The van der Waals surface area contributed by atoms with E-state index in [9.17, 15) is 0 Å². The van der Waals surface area contributed by atoms with Crippen LogP contribution in [0.15, 0.2) is 0 Å². The Kier molecular flexibility index (Phi) is 5.93. The quantitative estimate of drug-likeness (QED) is 0.433. The van der Waals surface area contributed by atoms with Gasteiger partial charge in [-0.1, -0.05) is 52.4 Å². The van der Waals surface area contributed by atoms with Crippen molar-refractivity contribution in [3.05, 3.63) is 0 Å². The first-order valence-corrected chi connectivity index (χ1v) is 6.83. The van der Waals surface area contributed by atoms with Crippen molar-refractivity contribution < 1.29 is 0 Å². The Bertz CT molecular complexity index is 144. The lowest BCUT2D eigenvalue weighted by Gasteiger charge is -2.16. The van der Waals surface area contributed by atoms with Crippen LogP contribution >= 0.6 is 11.6 Å². The SMILES string of the molecule is CCCCCCCC1CCC(Cl)C1C. The van der Waals surface area contributed by atoms with Crippen LogP contribution in [0.3, 0.4) is 0 Å². The Labute approximate surface area is 94.4 Å². The van der Waals surface area contributed by atoms with Gasteiger partial charge >= 0.3 is 0 Å². The van der Waals surface area contributed by atoms with Crippen LogP contribution in [0.2, 0.25) is 0 Å². The van der Waals surface area contributed by atoms with Crippen molar-refractivity contribution in [3.63, 3.8) is 0 Å². The maximum atomic E-state index is 6.22. The van der Waals surface area contributed by atoms with E-state index in [1.54, 1.807) is 0 Å². The van der Waals surface area contributed by atoms with E-state index in [1.807, 2.05) is 0 Å². The number of rotatable bonds is 6. The molecule has 1 aliphatic carbocycles. The molecule has 0 N–H and O–H groups in total. The zero-order chi connectivity index (χ0) is 10.4. The highest BCUT2D eigenvalue weighted by Gasteiger charge is 2.30. The van der Waals surface area contributed by atoms with Crippen LogP contribution in [-0.2, 0) is 0 Å². The van der Waals surface area contributed by atoms with Gasteiger partial charge in [-0.05, 0) is 24.7 Å². The normalized spacial score (nSPS) is 32.4. The summed E-state index contributed by atoms with van der Waals surface area (Å²) in [6, 6.07) is 0. The van der Waals surface area contributed by atoms with E-state index < -0.39 is 0 Å². The van der Waals surface area contributed by atoms with E-state index >= 15 is 0 Å². The van der Waals surface area contributed by atoms with Crippen molar-refractivity contribution in [1.29, 1.82) is 0 Å². The van der Waals surface area contributed by atoms with Gasteiger partial charge in [0.05, 0.1) is 0 Å². The standard InChI is InChI=1S/C13H25Cl/c1-3-4-5-6-7-8-12-9-10-13(14)11(12)2/h11-13H,3-10H2,1-2H3. The van der Waals surface area contributed by atoms with Crippen LogP contribution in [0.25, 0.3) is 0 Å². The zero-order valence-electron chi connectivity index (χ0n) is 9.77. The van der Waals surface area contributed by atoms with Gasteiger partial charge in [-0.3, -0.25) is 0 Å². The van der Waals surface area contributed by atoms with E-state index in [4.69, 9.17) is 11.6 Å². The second-order valence-electron chi connectivity index (χ2n) is 4.92. The molecule has 0 radical (unpaired) electrons. The summed E-state index contributed by atoms with van der Waals surface area (Å²) in [6.07, 6.45) is 11.1. The molecule has 1 saturated carbocycles. The molecule has 0 nitrogen and oxygen atoms in total. The van der Waals surface area contributed by atoms with E-state index in [0.717, 1.165) is 11.8 Å². The largest absolute Gasteiger partial charge is 0.123 e. The Morgan fingerprint density at radius 2 is 1.79 bits per heavy atom. The highest BCUT2D eigenvalue weighted by molar-refractivity contribution is 6.20. The van der Waals surface area contributed by atoms with E-state index in [-0.39, 0.29) is 0 Å². The van der Waals surface area contributed by atoms with Gasteiger partial charge in [-0.25, -0.2) is 0 Å². The Morgan fingerprint density at radius 1 is 1.07 bits per heavy atom. The summed E-state index contributed by atoms with van der Waals surface area (Å²) in [6.45, 7) is 4.61. The fraction of sp³-hybridized carbons (Fsp3) is 1.00. The summed E-state index contributed by atoms with van der Waals surface area (Å²) in [5, 5.41) is 0.468. The molecule has 1 fully saturated rings. The fourth-order valence-corrected chi connectivity index (χ4v) is 2.94. The van der Waals surface area contributed by atoms with Crippen LogP contribution in [0.5, 0.6) is 0 Å².